The largest absolute Gasteiger partial charge is 0.385 e. The summed E-state index contributed by atoms with van der Waals surface area (Å²) in [5, 5.41) is 13.3. The lowest BCUT2D eigenvalue weighted by Gasteiger charge is -2.52. The Morgan fingerprint density at radius 2 is 1.97 bits per heavy atom. The minimum Gasteiger partial charge on any atom is -0.385 e. The van der Waals surface area contributed by atoms with Gasteiger partial charge < -0.3 is 19.1 Å². The normalized spacial score (nSPS) is 30.6. The van der Waals surface area contributed by atoms with E-state index in [1.807, 2.05) is 12.1 Å². The van der Waals surface area contributed by atoms with Crippen LogP contribution in [-0.2, 0) is 18.7 Å². The Kier molecular flexibility index (Phi) is 4.38. The van der Waals surface area contributed by atoms with E-state index in [1.165, 1.54) is 36.6 Å². The molecule has 5 aliphatic rings. The first-order valence-corrected chi connectivity index (χ1v) is 15.1. The Labute approximate surface area is 228 Å². The van der Waals surface area contributed by atoms with Crippen molar-refractivity contribution in [3.05, 3.63) is 53.6 Å². The number of benzene rings is 2. The van der Waals surface area contributed by atoms with Crippen LogP contribution in [0.15, 0.2) is 42.5 Å². The van der Waals surface area contributed by atoms with Crippen molar-refractivity contribution in [1.82, 2.24) is 19.0 Å². The second-order valence-corrected chi connectivity index (χ2v) is 13.5. The van der Waals surface area contributed by atoms with Gasteiger partial charge >= 0.3 is 0 Å². The van der Waals surface area contributed by atoms with Crippen molar-refractivity contribution in [2.45, 2.75) is 70.7 Å². The zero-order valence-electron chi connectivity index (χ0n) is 22.8. The molecule has 9 rings (SSSR count). The molecule has 6 heteroatoms. The zero-order valence-corrected chi connectivity index (χ0v) is 22.8. The molecule has 1 N–H and O–H groups in total. The standard InChI is InChI=1S/C33H36N4O2/c1-18(2)33(39)9-10-35-30-24(33)12-22(32(38)37-17-23-11-21-15-27(37)29(21)23)13-25(30)34-31(35)28-14-20-5-3-4-6-26(20)36(28)16-19-7-8-19/h3-6,12-14,18-19,21,23,27,29,39H,7-11,15-17H2,1-2H3/t21?,23?,27?,29-,33?/m1/s1. The van der Waals surface area contributed by atoms with Gasteiger partial charge in [0, 0.05) is 47.7 Å². The molecule has 2 aromatic heterocycles. The molecule has 1 amide bonds. The highest BCUT2D eigenvalue weighted by Gasteiger charge is 2.61. The van der Waals surface area contributed by atoms with Gasteiger partial charge in [-0.3, -0.25) is 4.79 Å². The summed E-state index contributed by atoms with van der Waals surface area (Å²) in [5.41, 5.74) is 4.82. The number of amides is 1. The van der Waals surface area contributed by atoms with E-state index in [-0.39, 0.29) is 11.8 Å². The number of aliphatic hydroxyl groups is 1. The van der Waals surface area contributed by atoms with Crippen molar-refractivity contribution in [3.8, 4) is 11.5 Å². The van der Waals surface area contributed by atoms with Crippen molar-refractivity contribution >= 4 is 27.8 Å². The third-order valence-electron chi connectivity index (χ3n) is 11.2. The molecule has 5 atom stereocenters. The molecule has 6 nitrogen and oxygen atoms in total. The molecule has 39 heavy (non-hydrogen) atoms. The van der Waals surface area contributed by atoms with Crippen LogP contribution in [0, 0.1) is 29.6 Å². The second kappa shape index (κ2) is 7.54. The van der Waals surface area contributed by atoms with E-state index < -0.39 is 5.60 Å². The van der Waals surface area contributed by atoms with Crippen molar-refractivity contribution < 1.29 is 9.90 Å². The summed E-state index contributed by atoms with van der Waals surface area (Å²) in [6.45, 7) is 6.80. The number of likely N-dealkylation sites (tertiary alicyclic amines) is 1. The van der Waals surface area contributed by atoms with E-state index >= 15 is 0 Å². The molecule has 0 spiro atoms. The van der Waals surface area contributed by atoms with Gasteiger partial charge in [-0.25, -0.2) is 4.98 Å². The molecular weight excluding hydrogens is 484 g/mol. The van der Waals surface area contributed by atoms with E-state index in [0.29, 0.717) is 30.5 Å². The van der Waals surface area contributed by atoms with Gasteiger partial charge in [0.25, 0.3) is 5.91 Å². The molecule has 4 heterocycles. The number of carbonyl (C=O) groups is 1. The molecule has 1 saturated heterocycles. The Hall–Kier alpha value is -3.12. The number of hydrogen-bond acceptors (Lipinski definition) is 3. The van der Waals surface area contributed by atoms with Crippen LogP contribution in [0.5, 0.6) is 0 Å². The van der Waals surface area contributed by atoms with Gasteiger partial charge in [0.15, 0.2) is 5.82 Å². The minimum absolute atomic E-state index is 0.0366. The van der Waals surface area contributed by atoms with E-state index in [1.54, 1.807) is 0 Å². The maximum Gasteiger partial charge on any atom is 0.254 e. The van der Waals surface area contributed by atoms with Crippen LogP contribution < -0.4 is 0 Å². The van der Waals surface area contributed by atoms with Gasteiger partial charge in [0.05, 0.1) is 22.3 Å². The fraction of sp³-hybridized carbons (Fsp3) is 0.515. The molecule has 4 fully saturated rings. The van der Waals surface area contributed by atoms with Crippen molar-refractivity contribution in [2.75, 3.05) is 6.54 Å². The summed E-state index contributed by atoms with van der Waals surface area (Å²) < 4.78 is 4.78. The topological polar surface area (TPSA) is 63.3 Å². The van der Waals surface area contributed by atoms with Gasteiger partial charge in [-0.05, 0) is 86.0 Å². The average Bonchev–Trinajstić information content (AvgIpc) is 3.56. The van der Waals surface area contributed by atoms with Gasteiger partial charge in [-0.15, -0.1) is 0 Å². The van der Waals surface area contributed by atoms with Crippen LogP contribution in [0.4, 0.5) is 0 Å². The molecule has 3 aliphatic carbocycles. The van der Waals surface area contributed by atoms with E-state index in [0.717, 1.165) is 59.0 Å². The van der Waals surface area contributed by atoms with Crippen molar-refractivity contribution in [1.29, 1.82) is 0 Å². The summed E-state index contributed by atoms with van der Waals surface area (Å²) in [5.74, 6) is 4.15. The number of para-hydroxylation sites is 1. The van der Waals surface area contributed by atoms with E-state index in [2.05, 4.69) is 58.2 Å². The Morgan fingerprint density at radius 3 is 2.74 bits per heavy atom. The molecule has 0 radical (unpaired) electrons. The van der Waals surface area contributed by atoms with Crippen LogP contribution in [0.3, 0.4) is 0 Å². The van der Waals surface area contributed by atoms with Gasteiger partial charge in [0.2, 0.25) is 0 Å². The highest BCUT2D eigenvalue weighted by molar-refractivity contribution is 6.00. The number of nitrogens with zero attached hydrogens (tertiary/aromatic N) is 4. The minimum atomic E-state index is -0.978. The highest BCUT2D eigenvalue weighted by Crippen LogP contribution is 2.61. The molecule has 2 aliphatic heterocycles. The van der Waals surface area contributed by atoms with Crippen LogP contribution >= 0.6 is 0 Å². The summed E-state index contributed by atoms with van der Waals surface area (Å²) in [7, 11) is 0. The summed E-state index contributed by atoms with van der Waals surface area (Å²) in [6.07, 6.45) is 5.67. The zero-order chi connectivity index (χ0) is 26.2. The number of aromatic nitrogens is 3. The van der Waals surface area contributed by atoms with Gasteiger partial charge in [-0.1, -0.05) is 32.0 Å². The lowest BCUT2D eigenvalue weighted by atomic mass is 9.53. The molecule has 4 aromatic rings. The quantitative estimate of drug-likeness (QED) is 0.362. The predicted molar refractivity (Wildman–Crippen MR) is 151 cm³/mol. The van der Waals surface area contributed by atoms with Crippen LogP contribution in [0.25, 0.3) is 33.5 Å². The summed E-state index contributed by atoms with van der Waals surface area (Å²) >= 11 is 0. The third-order valence-corrected chi connectivity index (χ3v) is 11.2. The smallest absolute Gasteiger partial charge is 0.254 e. The first-order valence-electron chi connectivity index (χ1n) is 15.1. The van der Waals surface area contributed by atoms with Gasteiger partial charge in [0.1, 0.15) is 0 Å². The van der Waals surface area contributed by atoms with Gasteiger partial charge in [-0.2, -0.15) is 0 Å². The Balaban J connectivity index is 1.23. The molecule has 2 aromatic carbocycles. The van der Waals surface area contributed by atoms with Crippen LogP contribution in [0.2, 0.25) is 0 Å². The predicted octanol–water partition coefficient (Wildman–Crippen LogP) is 5.80. The van der Waals surface area contributed by atoms with E-state index in [9.17, 15) is 9.90 Å². The summed E-state index contributed by atoms with van der Waals surface area (Å²) in [4.78, 5) is 21.4. The average molecular weight is 521 g/mol. The molecule has 4 unspecified atom stereocenters. The number of fused-ring (bicyclic) bond motifs is 1. The van der Waals surface area contributed by atoms with Crippen molar-refractivity contribution in [2.24, 2.45) is 29.6 Å². The third kappa shape index (κ3) is 2.96. The molecule has 0 bridgehead atoms. The SMILES string of the molecule is CC(C)C1(O)CCn2c(-c3cc4ccccc4n3CC3CC3)nc3cc(C(=O)N4CC5CC6CC4[C@H]65)cc1c32. The monoisotopic (exact) mass is 520 g/mol. The fourth-order valence-electron chi connectivity index (χ4n) is 8.67. The Morgan fingerprint density at radius 1 is 1.13 bits per heavy atom. The molecular formula is C33H36N4O2. The van der Waals surface area contributed by atoms with Crippen LogP contribution in [0.1, 0.15) is 61.9 Å². The van der Waals surface area contributed by atoms with E-state index in [4.69, 9.17) is 4.98 Å². The highest BCUT2D eigenvalue weighted by atomic mass is 16.3. The number of rotatable bonds is 5. The number of carbonyl (C=O) groups excluding carboxylic acids is 1. The first kappa shape index (κ1) is 22.7. The maximum atomic E-state index is 14.0. The maximum absolute atomic E-state index is 14.0. The lowest BCUT2D eigenvalue weighted by molar-refractivity contribution is -0.0249. The number of hydrogen-bond donors (Lipinski definition) is 1. The molecule has 200 valence electrons. The molecule has 3 saturated carbocycles. The Bertz CT molecular complexity index is 1690. The number of imidazole rings is 1. The fourth-order valence-corrected chi connectivity index (χ4v) is 8.67. The van der Waals surface area contributed by atoms with Crippen molar-refractivity contribution in [3.63, 3.8) is 0 Å². The lowest BCUT2D eigenvalue weighted by Crippen LogP contribution is -2.53. The summed E-state index contributed by atoms with van der Waals surface area (Å²) in [6, 6.07) is 15.4. The first-order chi connectivity index (χ1) is 18.9. The second-order valence-electron chi connectivity index (χ2n) is 13.5. The van der Waals surface area contributed by atoms with Crippen LogP contribution in [-0.4, -0.2) is 42.6 Å². The number of aryl methyl sites for hydroxylation is 1.